The highest BCUT2D eigenvalue weighted by molar-refractivity contribution is 7.60. The van der Waals surface area contributed by atoms with Crippen LogP contribution in [0, 0.1) is 20.8 Å². The van der Waals surface area contributed by atoms with E-state index in [0.29, 0.717) is 12.2 Å². The van der Waals surface area contributed by atoms with Gasteiger partial charge in [0.2, 0.25) is 5.52 Å². The second-order valence-electron chi connectivity index (χ2n) is 5.87. The molecular weight excluding hydrogens is 323 g/mol. The van der Waals surface area contributed by atoms with E-state index < -0.39 is 19.8 Å². The van der Waals surface area contributed by atoms with E-state index in [1.165, 1.54) is 0 Å². The minimum atomic E-state index is -2.89. The van der Waals surface area contributed by atoms with Gasteiger partial charge in [0.05, 0.1) is 6.61 Å². The number of carbonyl (C=O) groups is 1. The maximum atomic E-state index is 12.5. The fourth-order valence-corrected chi connectivity index (χ4v) is 3.74. The minimum absolute atomic E-state index is 0.341. The number of aryl methyl sites for hydroxylation is 3. The molecule has 0 saturated carbocycles. The Morgan fingerprint density at radius 1 is 1.08 bits per heavy atom. The average Bonchev–Trinajstić information content (AvgIpc) is 2.52. The van der Waals surface area contributed by atoms with Crippen molar-refractivity contribution in [3.63, 3.8) is 0 Å². The van der Waals surface area contributed by atoms with Gasteiger partial charge >= 0.3 is 0 Å². The van der Waals surface area contributed by atoms with E-state index in [1.54, 1.807) is 6.92 Å². The molecule has 0 radical (unpaired) electrons. The first-order valence-corrected chi connectivity index (χ1v) is 9.19. The summed E-state index contributed by atoms with van der Waals surface area (Å²) in [6.45, 7) is 7.64. The lowest BCUT2D eigenvalue weighted by atomic mass is 10.0. The summed E-state index contributed by atoms with van der Waals surface area (Å²) in [6.07, 6.45) is -0.716. The first kappa shape index (κ1) is 18.6. The summed E-state index contributed by atoms with van der Waals surface area (Å²) in [7, 11) is -2.89. The highest BCUT2D eigenvalue weighted by Crippen LogP contribution is 2.33. The molecule has 0 heterocycles. The summed E-state index contributed by atoms with van der Waals surface area (Å²) in [5, 5.41) is 0. The molecule has 0 aliphatic rings. The number of rotatable bonds is 7. The standard InChI is InChI=1S/C19H23O4P/c1-13-10-14(2)18(15(3)11-13)19(20)24(21)23-16(4)22-12-17-8-6-5-7-9-17/h5-11,16,24H,12H2,1-4H3. The topological polar surface area (TPSA) is 52.6 Å². The van der Waals surface area contributed by atoms with E-state index in [2.05, 4.69) is 0 Å². The van der Waals surface area contributed by atoms with Crippen LogP contribution in [-0.4, -0.2) is 11.8 Å². The Bertz CT molecular complexity index is 717. The predicted octanol–water partition coefficient (Wildman–Crippen LogP) is 4.81. The molecule has 2 aromatic rings. The van der Waals surface area contributed by atoms with E-state index >= 15 is 0 Å². The fourth-order valence-electron chi connectivity index (χ4n) is 2.67. The Kier molecular flexibility index (Phi) is 6.50. The summed E-state index contributed by atoms with van der Waals surface area (Å²) < 4.78 is 23.1. The third-order valence-corrected chi connectivity index (χ3v) is 4.86. The second-order valence-corrected chi connectivity index (χ2v) is 7.14. The van der Waals surface area contributed by atoms with Crippen molar-refractivity contribution in [1.82, 2.24) is 0 Å². The Labute approximate surface area is 143 Å². The molecule has 0 amide bonds. The van der Waals surface area contributed by atoms with Crippen LogP contribution in [0.2, 0.25) is 0 Å². The lowest BCUT2D eigenvalue weighted by Crippen LogP contribution is -2.11. The quantitative estimate of drug-likeness (QED) is 0.533. The van der Waals surface area contributed by atoms with Gasteiger partial charge in [0.1, 0.15) is 0 Å². The van der Waals surface area contributed by atoms with Crippen molar-refractivity contribution in [3.8, 4) is 0 Å². The van der Waals surface area contributed by atoms with Crippen molar-refractivity contribution in [2.45, 2.75) is 40.6 Å². The van der Waals surface area contributed by atoms with Crippen molar-refractivity contribution in [2.75, 3.05) is 0 Å². The van der Waals surface area contributed by atoms with Crippen molar-refractivity contribution in [3.05, 3.63) is 70.3 Å². The minimum Gasteiger partial charge on any atom is -0.348 e. The van der Waals surface area contributed by atoms with Crippen LogP contribution in [0.5, 0.6) is 0 Å². The average molecular weight is 346 g/mol. The highest BCUT2D eigenvalue weighted by atomic mass is 31.1. The Balaban J connectivity index is 1.98. The van der Waals surface area contributed by atoms with Gasteiger partial charge in [-0.15, -0.1) is 0 Å². The molecule has 0 aliphatic carbocycles. The zero-order valence-corrected chi connectivity index (χ0v) is 15.5. The van der Waals surface area contributed by atoms with E-state index in [1.807, 2.05) is 63.2 Å². The monoisotopic (exact) mass is 346 g/mol. The predicted molar refractivity (Wildman–Crippen MR) is 95.8 cm³/mol. The number of ether oxygens (including phenoxy) is 1. The summed E-state index contributed by atoms with van der Waals surface area (Å²) in [4.78, 5) is 12.5. The molecule has 24 heavy (non-hydrogen) atoms. The molecule has 0 fully saturated rings. The smallest absolute Gasteiger partial charge is 0.262 e. The Morgan fingerprint density at radius 3 is 2.25 bits per heavy atom. The summed E-state index contributed by atoms with van der Waals surface area (Å²) in [5.41, 5.74) is 3.73. The Hall–Kier alpha value is -1.74. The van der Waals surface area contributed by atoms with Crippen LogP contribution in [0.4, 0.5) is 0 Å². The zero-order valence-electron chi connectivity index (χ0n) is 14.5. The molecule has 0 aliphatic heterocycles. The highest BCUT2D eigenvalue weighted by Gasteiger charge is 2.21. The van der Waals surface area contributed by atoms with Gasteiger partial charge in [-0.05, 0) is 44.4 Å². The van der Waals surface area contributed by atoms with Crippen molar-refractivity contribution >= 4 is 13.6 Å². The Morgan fingerprint density at radius 2 is 1.67 bits per heavy atom. The van der Waals surface area contributed by atoms with Gasteiger partial charge in [-0.25, -0.2) is 0 Å². The molecule has 2 aromatic carbocycles. The van der Waals surface area contributed by atoms with Crippen LogP contribution in [0.1, 0.15) is 39.5 Å². The van der Waals surface area contributed by atoms with E-state index in [-0.39, 0.29) is 0 Å². The SMILES string of the molecule is Cc1cc(C)c(C(=O)[PH](=O)OC(C)OCc2ccccc2)c(C)c1. The molecule has 2 atom stereocenters. The maximum absolute atomic E-state index is 12.5. The molecule has 0 N–H and O–H groups in total. The van der Waals surface area contributed by atoms with E-state index in [4.69, 9.17) is 9.26 Å². The molecule has 2 unspecified atom stereocenters. The van der Waals surface area contributed by atoms with Gasteiger partial charge < -0.3 is 4.74 Å². The third-order valence-electron chi connectivity index (χ3n) is 3.69. The van der Waals surface area contributed by atoms with Gasteiger partial charge in [-0.1, -0.05) is 48.0 Å². The van der Waals surface area contributed by atoms with Gasteiger partial charge in [0.25, 0.3) is 8.03 Å². The first-order chi connectivity index (χ1) is 11.4. The van der Waals surface area contributed by atoms with Crippen LogP contribution in [0.15, 0.2) is 42.5 Å². The van der Waals surface area contributed by atoms with Crippen LogP contribution in [0.3, 0.4) is 0 Å². The normalized spacial score (nSPS) is 13.5. The summed E-state index contributed by atoms with van der Waals surface area (Å²) in [5.74, 6) is 0. The van der Waals surface area contributed by atoms with Crippen LogP contribution >= 0.6 is 8.03 Å². The van der Waals surface area contributed by atoms with Crippen molar-refractivity contribution in [1.29, 1.82) is 0 Å². The van der Waals surface area contributed by atoms with Crippen LogP contribution in [0.25, 0.3) is 0 Å². The van der Waals surface area contributed by atoms with Crippen molar-refractivity contribution in [2.24, 2.45) is 0 Å². The number of carbonyl (C=O) groups excluding carboxylic acids is 1. The molecule has 5 heteroatoms. The largest absolute Gasteiger partial charge is 0.348 e. The summed E-state index contributed by atoms with van der Waals surface area (Å²) in [6, 6.07) is 13.4. The van der Waals surface area contributed by atoms with E-state index in [0.717, 1.165) is 22.3 Å². The molecule has 0 aromatic heterocycles. The molecule has 128 valence electrons. The third kappa shape index (κ3) is 4.88. The van der Waals surface area contributed by atoms with Gasteiger partial charge in [-0.2, -0.15) is 0 Å². The number of hydrogen-bond donors (Lipinski definition) is 0. The van der Waals surface area contributed by atoms with Gasteiger partial charge in [0.15, 0.2) is 6.29 Å². The van der Waals surface area contributed by atoms with Crippen LogP contribution in [-0.2, 0) is 20.4 Å². The summed E-state index contributed by atoms with van der Waals surface area (Å²) >= 11 is 0. The van der Waals surface area contributed by atoms with Crippen molar-refractivity contribution < 1.29 is 18.6 Å². The molecule has 0 bridgehead atoms. The first-order valence-electron chi connectivity index (χ1n) is 7.87. The number of benzene rings is 2. The lowest BCUT2D eigenvalue weighted by molar-refractivity contribution is -0.0711. The van der Waals surface area contributed by atoms with E-state index in [9.17, 15) is 9.36 Å². The zero-order chi connectivity index (χ0) is 17.7. The molecule has 2 rings (SSSR count). The lowest BCUT2D eigenvalue weighted by Gasteiger charge is -2.15. The maximum Gasteiger partial charge on any atom is 0.262 e. The molecule has 0 saturated heterocycles. The van der Waals surface area contributed by atoms with Gasteiger partial charge in [0, 0.05) is 5.56 Å². The number of hydrogen-bond acceptors (Lipinski definition) is 4. The second kappa shape index (κ2) is 8.39. The molecular formula is C19H23O4P. The molecule has 4 nitrogen and oxygen atoms in total. The van der Waals surface area contributed by atoms with Gasteiger partial charge in [-0.3, -0.25) is 13.9 Å². The van der Waals surface area contributed by atoms with Crippen LogP contribution < -0.4 is 0 Å². The fraction of sp³-hybridized carbons (Fsp3) is 0.316. The molecule has 0 spiro atoms.